The van der Waals surface area contributed by atoms with Gasteiger partial charge in [0, 0.05) is 30.0 Å². The van der Waals surface area contributed by atoms with E-state index in [2.05, 4.69) is 10.3 Å². The van der Waals surface area contributed by atoms with E-state index in [1.54, 1.807) is 24.4 Å². The highest BCUT2D eigenvalue weighted by molar-refractivity contribution is 6.36. The molecule has 0 saturated carbocycles. The van der Waals surface area contributed by atoms with Gasteiger partial charge in [0.1, 0.15) is 0 Å². The largest absolute Gasteiger partial charge is 0.441 e. The third-order valence-electron chi connectivity index (χ3n) is 2.69. The summed E-state index contributed by atoms with van der Waals surface area (Å²) in [6, 6.07) is 5.16. The van der Waals surface area contributed by atoms with Crippen LogP contribution in [-0.4, -0.2) is 17.4 Å². The second-order valence-electron chi connectivity index (χ2n) is 4.20. The van der Waals surface area contributed by atoms with E-state index in [0.717, 1.165) is 5.56 Å². The van der Waals surface area contributed by atoms with Crippen molar-refractivity contribution >= 4 is 29.1 Å². The molecule has 0 unspecified atom stereocenters. The Morgan fingerprint density at radius 3 is 2.90 bits per heavy atom. The SMILES string of the molecule is CCNC(=O)CCc1ncc(-c2ccc(Cl)cc2Cl)o1. The number of rotatable bonds is 5. The summed E-state index contributed by atoms with van der Waals surface area (Å²) in [6.45, 7) is 2.50. The molecule has 6 heteroatoms. The molecule has 0 saturated heterocycles. The van der Waals surface area contributed by atoms with Crippen LogP contribution in [0.15, 0.2) is 28.8 Å². The van der Waals surface area contributed by atoms with Crippen molar-refractivity contribution in [3.8, 4) is 11.3 Å². The lowest BCUT2D eigenvalue weighted by atomic mass is 10.2. The van der Waals surface area contributed by atoms with Crippen LogP contribution in [0.1, 0.15) is 19.2 Å². The second kappa shape index (κ2) is 6.77. The predicted molar refractivity (Wildman–Crippen MR) is 79.0 cm³/mol. The van der Waals surface area contributed by atoms with E-state index in [1.807, 2.05) is 6.92 Å². The maximum absolute atomic E-state index is 11.4. The lowest BCUT2D eigenvalue weighted by Gasteiger charge is -2.01. The van der Waals surface area contributed by atoms with E-state index in [9.17, 15) is 4.79 Å². The van der Waals surface area contributed by atoms with Crippen molar-refractivity contribution in [1.82, 2.24) is 10.3 Å². The number of aryl methyl sites for hydroxylation is 1. The Hall–Kier alpha value is -1.52. The highest BCUT2D eigenvalue weighted by atomic mass is 35.5. The first-order valence-corrected chi connectivity index (χ1v) is 7.02. The van der Waals surface area contributed by atoms with Gasteiger partial charge in [-0.15, -0.1) is 0 Å². The number of carbonyl (C=O) groups excluding carboxylic acids is 1. The predicted octanol–water partition coefficient (Wildman–Crippen LogP) is 3.72. The normalized spacial score (nSPS) is 10.6. The Kier molecular flexibility index (Phi) is 5.04. The maximum atomic E-state index is 11.4. The first-order chi connectivity index (χ1) is 9.60. The molecular weight excluding hydrogens is 299 g/mol. The van der Waals surface area contributed by atoms with Crippen LogP contribution < -0.4 is 5.32 Å². The lowest BCUT2D eigenvalue weighted by Crippen LogP contribution is -2.22. The van der Waals surface area contributed by atoms with Gasteiger partial charge in [-0.25, -0.2) is 4.98 Å². The van der Waals surface area contributed by atoms with Gasteiger partial charge >= 0.3 is 0 Å². The third-order valence-corrected chi connectivity index (χ3v) is 3.24. The molecule has 0 spiro atoms. The highest BCUT2D eigenvalue weighted by Gasteiger charge is 2.11. The Balaban J connectivity index is 2.07. The van der Waals surface area contributed by atoms with Crippen molar-refractivity contribution in [3.63, 3.8) is 0 Å². The minimum atomic E-state index is -0.0169. The molecule has 1 amide bonds. The summed E-state index contributed by atoms with van der Waals surface area (Å²) < 4.78 is 5.60. The first kappa shape index (κ1) is 14.9. The standard InChI is InChI=1S/C14H14Cl2N2O2/c1-2-17-13(19)5-6-14-18-8-12(20-14)10-4-3-9(15)7-11(10)16/h3-4,7-8H,2,5-6H2,1H3,(H,17,19). The Morgan fingerprint density at radius 1 is 1.40 bits per heavy atom. The molecule has 1 aromatic heterocycles. The zero-order chi connectivity index (χ0) is 14.5. The molecule has 0 bridgehead atoms. The van der Waals surface area contributed by atoms with E-state index in [1.165, 1.54) is 0 Å². The van der Waals surface area contributed by atoms with Crippen LogP contribution in [0.3, 0.4) is 0 Å². The second-order valence-corrected chi connectivity index (χ2v) is 5.04. The lowest BCUT2D eigenvalue weighted by molar-refractivity contribution is -0.121. The Morgan fingerprint density at radius 2 is 2.20 bits per heavy atom. The van der Waals surface area contributed by atoms with Gasteiger partial charge < -0.3 is 9.73 Å². The summed E-state index contributed by atoms with van der Waals surface area (Å²) >= 11 is 12.0. The van der Waals surface area contributed by atoms with Gasteiger partial charge in [0.05, 0.1) is 11.2 Å². The van der Waals surface area contributed by atoms with Crippen molar-refractivity contribution in [1.29, 1.82) is 0 Å². The van der Waals surface area contributed by atoms with Crippen LogP contribution >= 0.6 is 23.2 Å². The van der Waals surface area contributed by atoms with E-state index >= 15 is 0 Å². The third kappa shape index (κ3) is 3.74. The van der Waals surface area contributed by atoms with Crippen LogP contribution in [0, 0.1) is 0 Å². The molecule has 106 valence electrons. The van der Waals surface area contributed by atoms with Crippen LogP contribution in [0.5, 0.6) is 0 Å². The molecule has 20 heavy (non-hydrogen) atoms. The van der Waals surface area contributed by atoms with Crippen molar-refractivity contribution in [3.05, 3.63) is 40.3 Å². The first-order valence-electron chi connectivity index (χ1n) is 6.27. The van der Waals surface area contributed by atoms with Crippen LogP contribution in [0.25, 0.3) is 11.3 Å². The number of benzene rings is 1. The van der Waals surface area contributed by atoms with E-state index in [4.69, 9.17) is 27.6 Å². The van der Waals surface area contributed by atoms with Gasteiger partial charge in [-0.05, 0) is 25.1 Å². The fourth-order valence-corrected chi connectivity index (χ4v) is 2.25. The fraction of sp³-hybridized carbons (Fsp3) is 0.286. The molecular formula is C14H14Cl2N2O2. The molecule has 0 fully saturated rings. The molecule has 1 heterocycles. The summed E-state index contributed by atoms with van der Waals surface area (Å²) in [7, 11) is 0. The topological polar surface area (TPSA) is 55.1 Å². The zero-order valence-electron chi connectivity index (χ0n) is 11.0. The van der Waals surface area contributed by atoms with Crippen molar-refractivity contribution in [2.45, 2.75) is 19.8 Å². The van der Waals surface area contributed by atoms with Gasteiger partial charge in [-0.3, -0.25) is 4.79 Å². The molecule has 1 N–H and O–H groups in total. The van der Waals surface area contributed by atoms with E-state index in [0.29, 0.717) is 41.1 Å². The maximum Gasteiger partial charge on any atom is 0.220 e. The number of oxazole rings is 1. The van der Waals surface area contributed by atoms with Crippen molar-refractivity contribution < 1.29 is 9.21 Å². The number of amides is 1. The van der Waals surface area contributed by atoms with Crippen LogP contribution in [-0.2, 0) is 11.2 Å². The average molecular weight is 313 g/mol. The summed E-state index contributed by atoms with van der Waals surface area (Å²) in [6.07, 6.45) is 2.40. The molecule has 0 atom stereocenters. The number of aromatic nitrogens is 1. The number of hydrogen-bond donors (Lipinski definition) is 1. The quantitative estimate of drug-likeness (QED) is 0.915. The molecule has 1 aromatic carbocycles. The molecule has 0 aliphatic carbocycles. The Labute approximate surface area is 127 Å². The summed E-state index contributed by atoms with van der Waals surface area (Å²) in [5.74, 6) is 1.06. The van der Waals surface area contributed by atoms with E-state index in [-0.39, 0.29) is 5.91 Å². The molecule has 0 radical (unpaired) electrons. The van der Waals surface area contributed by atoms with Gasteiger partial charge in [-0.1, -0.05) is 23.2 Å². The minimum Gasteiger partial charge on any atom is -0.441 e. The van der Waals surface area contributed by atoms with Crippen LogP contribution in [0.2, 0.25) is 10.0 Å². The Bertz CT molecular complexity index is 611. The summed E-state index contributed by atoms with van der Waals surface area (Å²) in [4.78, 5) is 15.5. The van der Waals surface area contributed by atoms with Crippen molar-refractivity contribution in [2.24, 2.45) is 0 Å². The molecule has 2 rings (SSSR count). The number of nitrogens with zero attached hydrogens (tertiary/aromatic N) is 1. The molecule has 4 nitrogen and oxygen atoms in total. The van der Waals surface area contributed by atoms with Crippen LogP contribution in [0.4, 0.5) is 0 Å². The number of halogens is 2. The highest BCUT2D eigenvalue weighted by Crippen LogP contribution is 2.30. The zero-order valence-corrected chi connectivity index (χ0v) is 12.5. The van der Waals surface area contributed by atoms with Gasteiger partial charge in [0.15, 0.2) is 11.7 Å². The smallest absolute Gasteiger partial charge is 0.220 e. The number of hydrogen-bond acceptors (Lipinski definition) is 3. The van der Waals surface area contributed by atoms with Gasteiger partial charge in [0.25, 0.3) is 0 Å². The summed E-state index contributed by atoms with van der Waals surface area (Å²) in [5, 5.41) is 3.79. The molecule has 2 aromatic rings. The van der Waals surface area contributed by atoms with Gasteiger partial charge in [0.2, 0.25) is 5.91 Å². The average Bonchev–Trinajstić information content (AvgIpc) is 2.85. The van der Waals surface area contributed by atoms with Gasteiger partial charge in [-0.2, -0.15) is 0 Å². The number of nitrogens with one attached hydrogen (secondary N) is 1. The van der Waals surface area contributed by atoms with E-state index < -0.39 is 0 Å². The summed E-state index contributed by atoms with van der Waals surface area (Å²) in [5.41, 5.74) is 0.729. The minimum absolute atomic E-state index is 0.0169. The fourth-order valence-electron chi connectivity index (χ4n) is 1.75. The number of carbonyl (C=O) groups is 1. The van der Waals surface area contributed by atoms with Crippen molar-refractivity contribution in [2.75, 3.05) is 6.54 Å². The monoisotopic (exact) mass is 312 g/mol. The molecule has 0 aliphatic rings. The molecule has 0 aliphatic heterocycles.